The van der Waals surface area contributed by atoms with Gasteiger partial charge in [-0.15, -0.1) is 0 Å². The molecular weight excluding hydrogens is 198 g/mol. The van der Waals surface area contributed by atoms with Crippen molar-refractivity contribution < 1.29 is 4.79 Å². The van der Waals surface area contributed by atoms with Gasteiger partial charge in [-0.05, 0) is 35.4 Å². The van der Waals surface area contributed by atoms with Gasteiger partial charge in [0, 0.05) is 12.1 Å². The first-order valence-corrected chi connectivity index (χ1v) is 6.00. The van der Waals surface area contributed by atoms with Crippen LogP contribution in [0.25, 0.3) is 0 Å². The quantitative estimate of drug-likeness (QED) is 0.808. The molecule has 1 aromatic carbocycles. The molecule has 1 aliphatic heterocycles. The smallest absolute Gasteiger partial charge is 0.224 e. The van der Waals surface area contributed by atoms with E-state index in [1.807, 2.05) is 6.07 Å². The predicted molar refractivity (Wildman–Crippen MR) is 66.6 cm³/mol. The summed E-state index contributed by atoms with van der Waals surface area (Å²) in [6.45, 7) is 6.74. The molecule has 2 rings (SSSR count). The van der Waals surface area contributed by atoms with Crippen LogP contribution in [0, 0.1) is 5.92 Å². The second-order valence-electron chi connectivity index (χ2n) is 5.00. The molecule has 2 heteroatoms. The van der Waals surface area contributed by atoms with Crippen LogP contribution >= 0.6 is 0 Å². The van der Waals surface area contributed by atoms with Crippen LogP contribution in [-0.4, -0.2) is 5.91 Å². The van der Waals surface area contributed by atoms with E-state index in [9.17, 15) is 4.79 Å². The van der Waals surface area contributed by atoms with E-state index in [1.54, 1.807) is 0 Å². The van der Waals surface area contributed by atoms with Gasteiger partial charge in [0.15, 0.2) is 0 Å². The Morgan fingerprint density at radius 2 is 1.94 bits per heavy atom. The number of benzene rings is 1. The van der Waals surface area contributed by atoms with Crippen LogP contribution in [-0.2, 0) is 11.2 Å². The van der Waals surface area contributed by atoms with Crippen LogP contribution in [0.4, 0.5) is 5.69 Å². The molecule has 0 aliphatic carbocycles. The lowest BCUT2D eigenvalue weighted by Crippen LogP contribution is -2.19. The zero-order chi connectivity index (χ0) is 11.7. The Morgan fingerprint density at radius 3 is 2.62 bits per heavy atom. The number of nitrogens with one attached hydrogen (secondary N) is 1. The van der Waals surface area contributed by atoms with E-state index in [0.29, 0.717) is 18.3 Å². The molecule has 1 unspecified atom stereocenters. The highest BCUT2D eigenvalue weighted by molar-refractivity contribution is 5.93. The number of carbonyl (C=O) groups excluding carboxylic acids is 1. The highest BCUT2D eigenvalue weighted by Gasteiger charge is 2.17. The molecule has 0 saturated heterocycles. The zero-order valence-electron chi connectivity index (χ0n) is 10.2. The number of hydrogen-bond donors (Lipinski definition) is 1. The number of hydrogen-bond acceptors (Lipinski definition) is 1. The minimum Gasteiger partial charge on any atom is -0.326 e. The summed E-state index contributed by atoms with van der Waals surface area (Å²) >= 11 is 0. The molecule has 1 heterocycles. The van der Waals surface area contributed by atoms with E-state index in [-0.39, 0.29) is 5.91 Å². The molecular formula is C14H19NO. The summed E-state index contributed by atoms with van der Waals surface area (Å²) in [4.78, 5) is 11.2. The maximum atomic E-state index is 11.2. The van der Waals surface area contributed by atoms with Gasteiger partial charge in [0.1, 0.15) is 0 Å². The summed E-state index contributed by atoms with van der Waals surface area (Å²) in [5.41, 5.74) is 3.66. The van der Waals surface area contributed by atoms with Crippen molar-refractivity contribution in [3.8, 4) is 0 Å². The van der Waals surface area contributed by atoms with Crippen LogP contribution in [0.1, 0.15) is 44.2 Å². The second kappa shape index (κ2) is 4.28. The lowest BCUT2D eigenvalue weighted by molar-refractivity contribution is -0.116. The Labute approximate surface area is 97.1 Å². The minimum atomic E-state index is 0.136. The molecule has 1 N–H and O–H groups in total. The van der Waals surface area contributed by atoms with E-state index < -0.39 is 0 Å². The monoisotopic (exact) mass is 217 g/mol. The van der Waals surface area contributed by atoms with Gasteiger partial charge in [0.2, 0.25) is 5.91 Å². The molecule has 1 amide bonds. The number of carbonyl (C=O) groups is 1. The van der Waals surface area contributed by atoms with Crippen molar-refractivity contribution in [2.75, 3.05) is 5.32 Å². The van der Waals surface area contributed by atoms with E-state index in [0.717, 1.165) is 12.1 Å². The van der Waals surface area contributed by atoms with Crippen LogP contribution in [0.15, 0.2) is 18.2 Å². The normalized spacial score (nSPS) is 16.9. The van der Waals surface area contributed by atoms with E-state index in [4.69, 9.17) is 0 Å². The molecule has 0 spiro atoms. The van der Waals surface area contributed by atoms with Gasteiger partial charge in [-0.1, -0.05) is 32.9 Å². The summed E-state index contributed by atoms with van der Waals surface area (Å²) in [7, 11) is 0. The fourth-order valence-corrected chi connectivity index (χ4v) is 2.07. The number of amides is 1. The first-order valence-electron chi connectivity index (χ1n) is 6.00. The van der Waals surface area contributed by atoms with Gasteiger partial charge in [-0.2, -0.15) is 0 Å². The Morgan fingerprint density at radius 1 is 1.19 bits per heavy atom. The Kier molecular flexibility index (Phi) is 2.99. The Bertz CT molecular complexity index is 409. The Balaban J connectivity index is 2.29. The van der Waals surface area contributed by atoms with Gasteiger partial charge in [-0.3, -0.25) is 4.79 Å². The van der Waals surface area contributed by atoms with Gasteiger partial charge in [0.25, 0.3) is 0 Å². The fourth-order valence-electron chi connectivity index (χ4n) is 2.07. The van der Waals surface area contributed by atoms with Crippen LogP contribution in [0.5, 0.6) is 0 Å². The lowest BCUT2D eigenvalue weighted by atomic mass is 9.88. The molecule has 1 atom stereocenters. The molecule has 0 radical (unpaired) electrons. The first kappa shape index (κ1) is 11.2. The van der Waals surface area contributed by atoms with Gasteiger partial charge < -0.3 is 5.32 Å². The fraction of sp³-hybridized carbons (Fsp3) is 0.500. The predicted octanol–water partition coefficient (Wildman–Crippen LogP) is 3.33. The van der Waals surface area contributed by atoms with Crippen LogP contribution in [0.2, 0.25) is 0 Å². The van der Waals surface area contributed by atoms with Crippen molar-refractivity contribution in [1.29, 1.82) is 0 Å². The summed E-state index contributed by atoms with van der Waals surface area (Å²) in [5, 5.41) is 2.92. The molecule has 0 saturated carbocycles. The molecule has 0 bridgehead atoms. The lowest BCUT2D eigenvalue weighted by Gasteiger charge is -2.21. The molecule has 2 nitrogen and oxygen atoms in total. The van der Waals surface area contributed by atoms with Crippen molar-refractivity contribution in [1.82, 2.24) is 0 Å². The third kappa shape index (κ3) is 2.11. The third-order valence-electron chi connectivity index (χ3n) is 3.55. The zero-order valence-corrected chi connectivity index (χ0v) is 10.2. The maximum absolute atomic E-state index is 11.2. The molecule has 16 heavy (non-hydrogen) atoms. The molecule has 1 aliphatic rings. The summed E-state index contributed by atoms with van der Waals surface area (Å²) in [6, 6.07) is 6.43. The van der Waals surface area contributed by atoms with Crippen LogP contribution < -0.4 is 5.32 Å². The van der Waals surface area contributed by atoms with E-state index in [2.05, 4.69) is 38.2 Å². The van der Waals surface area contributed by atoms with Crippen molar-refractivity contribution in [3.63, 3.8) is 0 Å². The average molecular weight is 217 g/mol. The Hall–Kier alpha value is -1.31. The molecule has 1 aromatic rings. The SMILES string of the molecule is CC(C)C(C)c1ccc2c(c1)CCC(=O)N2. The topological polar surface area (TPSA) is 29.1 Å². The van der Waals surface area contributed by atoms with Crippen molar-refractivity contribution in [2.45, 2.75) is 39.5 Å². The van der Waals surface area contributed by atoms with Gasteiger partial charge in [0.05, 0.1) is 0 Å². The summed E-state index contributed by atoms with van der Waals surface area (Å²) in [5.74, 6) is 1.36. The second-order valence-corrected chi connectivity index (χ2v) is 5.00. The average Bonchev–Trinajstić information content (AvgIpc) is 2.27. The highest BCUT2D eigenvalue weighted by Crippen LogP contribution is 2.29. The maximum Gasteiger partial charge on any atom is 0.224 e. The number of fused-ring (bicyclic) bond motifs is 1. The molecule has 0 aromatic heterocycles. The van der Waals surface area contributed by atoms with Crippen molar-refractivity contribution in [2.24, 2.45) is 5.92 Å². The van der Waals surface area contributed by atoms with Crippen LogP contribution in [0.3, 0.4) is 0 Å². The summed E-state index contributed by atoms with van der Waals surface area (Å²) in [6.07, 6.45) is 1.49. The molecule has 0 fully saturated rings. The van der Waals surface area contributed by atoms with Crippen molar-refractivity contribution in [3.05, 3.63) is 29.3 Å². The van der Waals surface area contributed by atoms with E-state index in [1.165, 1.54) is 11.1 Å². The van der Waals surface area contributed by atoms with Gasteiger partial charge in [-0.25, -0.2) is 0 Å². The minimum absolute atomic E-state index is 0.136. The largest absolute Gasteiger partial charge is 0.326 e. The third-order valence-corrected chi connectivity index (χ3v) is 3.55. The number of rotatable bonds is 2. The van der Waals surface area contributed by atoms with E-state index >= 15 is 0 Å². The number of anilines is 1. The highest BCUT2D eigenvalue weighted by atomic mass is 16.1. The summed E-state index contributed by atoms with van der Waals surface area (Å²) < 4.78 is 0. The van der Waals surface area contributed by atoms with Crippen molar-refractivity contribution >= 4 is 11.6 Å². The molecule has 86 valence electrons. The number of aryl methyl sites for hydroxylation is 1. The van der Waals surface area contributed by atoms with Gasteiger partial charge >= 0.3 is 0 Å². The first-order chi connectivity index (χ1) is 7.58. The standard InChI is InChI=1S/C14H19NO/c1-9(2)10(3)11-4-6-13-12(8-11)5-7-14(16)15-13/h4,6,8-10H,5,7H2,1-3H3,(H,15,16).